The highest BCUT2D eigenvalue weighted by Gasteiger charge is 2.56. The second-order valence-electron chi connectivity index (χ2n) is 9.17. The summed E-state index contributed by atoms with van der Waals surface area (Å²) in [5, 5.41) is 9.37. The van der Waals surface area contributed by atoms with E-state index in [1.165, 1.54) is 0 Å². The highest BCUT2D eigenvalue weighted by Crippen LogP contribution is 2.48. The molecule has 0 aromatic heterocycles. The van der Waals surface area contributed by atoms with Crippen LogP contribution in [0.5, 0.6) is 0 Å². The van der Waals surface area contributed by atoms with Crippen molar-refractivity contribution in [2.24, 2.45) is 17.6 Å². The zero-order valence-corrected chi connectivity index (χ0v) is 16.5. The van der Waals surface area contributed by atoms with Crippen LogP contribution in [-0.2, 0) is 4.79 Å². The fourth-order valence-corrected chi connectivity index (χ4v) is 5.91. The fourth-order valence-electron chi connectivity index (χ4n) is 5.91. The first kappa shape index (κ1) is 19.4. The van der Waals surface area contributed by atoms with Gasteiger partial charge in [0.05, 0.1) is 17.7 Å². The van der Waals surface area contributed by atoms with E-state index in [9.17, 15) is 23.6 Å². The van der Waals surface area contributed by atoms with E-state index in [1.807, 2.05) is 0 Å². The molecule has 5 rings (SSSR count). The molecule has 158 valence electrons. The molecule has 6 atom stereocenters. The largest absolute Gasteiger partial charge is 0.333 e. The molecular weight excluding hydrogens is 390 g/mol. The molecule has 30 heavy (non-hydrogen) atoms. The second-order valence-corrected chi connectivity index (χ2v) is 9.17. The molecule has 2 N–H and O–H groups in total. The average molecular weight is 414 g/mol. The van der Waals surface area contributed by atoms with Gasteiger partial charge in [0.15, 0.2) is 0 Å². The van der Waals surface area contributed by atoms with Gasteiger partial charge in [-0.3, -0.25) is 9.59 Å². The maximum absolute atomic E-state index is 14.1. The summed E-state index contributed by atoms with van der Waals surface area (Å²) in [5.41, 5.74) is 6.13. The maximum Gasteiger partial charge on any atom is 0.257 e. The number of nitrogens with zero attached hydrogens (tertiary/aromatic N) is 3. The van der Waals surface area contributed by atoms with Crippen molar-refractivity contribution in [3.63, 3.8) is 0 Å². The maximum atomic E-state index is 14.1. The van der Waals surface area contributed by atoms with Crippen LogP contribution in [0.2, 0.25) is 0 Å². The Labute approximate surface area is 173 Å². The molecule has 8 heteroatoms. The van der Waals surface area contributed by atoms with Gasteiger partial charge >= 0.3 is 0 Å². The quantitative estimate of drug-likeness (QED) is 0.821. The van der Waals surface area contributed by atoms with Gasteiger partial charge in [-0.1, -0.05) is 0 Å². The van der Waals surface area contributed by atoms with Crippen molar-refractivity contribution in [1.82, 2.24) is 9.80 Å². The number of amides is 2. The summed E-state index contributed by atoms with van der Waals surface area (Å²) in [6.45, 7) is 0. The van der Waals surface area contributed by atoms with Crippen LogP contribution in [0.25, 0.3) is 0 Å². The van der Waals surface area contributed by atoms with Crippen LogP contribution >= 0.6 is 0 Å². The first-order valence-corrected chi connectivity index (χ1v) is 10.6. The molecule has 3 saturated heterocycles. The van der Waals surface area contributed by atoms with Crippen LogP contribution in [0.3, 0.4) is 0 Å². The van der Waals surface area contributed by atoms with Crippen molar-refractivity contribution in [3.8, 4) is 6.07 Å². The van der Waals surface area contributed by atoms with E-state index in [1.54, 1.807) is 9.80 Å². The molecule has 1 aromatic carbocycles. The van der Waals surface area contributed by atoms with Gasteiger partial charge in [0.25, 0.3) is 5.91 Å². The van der Waals surface area contributed by atoms with Gasteiger partial charge in [-0.15, -0.1) is 0 Å². The van der Waals surface area contributed by atoms with Crippen LogP contribution in [0, 0.1) is 34.8 Å². The lowest BCUT2D eigenvalue weighted by atomic mass is 9.84. The van der Waals surface area contributed by atoms with Crippen LogP contribution in [-0.4, -0.2) is 51.8 Å². The third-order valence-electron chi connectivity index (χ3n) is 7.46. The van der Waals surface area contributed by atoms with E-state index in [2.05, 4.69) is 6.07 Å². The zero-order valence-electron chi connectivity index (χ0n) is 16.5. The minimum absolute atomic E-state index is 0.0893. The minimum Gasteiger partial charge on any atom is -0.333 e. The normalized spacial score (nSPS) is 35.0. The number of hydrogen-bond acceptors (Lipinski definition) is 4. The van der Waals surface area contributed by atoms with Gasteiger partial charge in [0.2, 0.25) is 5.91 Å². The summed E-state index contributed by atoms with van der Waals surface area (Å²) in [6.07, 6.45) is 4.33. The van der Waals surface area contributed by atoms with E-state index in [4.69, 9.17) is 5.73 Å². The number of likely N-dealkylation sites (tertiary alicyclic amines) is 1. The number of nitrogens with two attached hydrogens (primary N) is 1. The smallest absolute Gasteiger partial charge is 0.257 e. The number of halogens is 2. The molecule has 0 spiro atoms. The van der Waals surface area contributed by atoms with Crippen molar-refractivity contribution in [3.05, 3.63) is 35.4 Å². The topological polar surface area (TPSA) is 90.4 Å². The van der Waals surface area contributed by atoms with Gasteiger partial charge in [-0.05, 0) is 68.6 Å². The Hall–Kier alpha value is -2.53. The third-order valence-corrected chi connectivity index (χ3v) is 7.46. The van der Waals surface area contributed by atoms with Gasteiger partial charge in [-0.25, -0.2) is 8.78 Å². The number of piperidine rings is 2. The van der Waals surface area contributed by atoms with Gasteiger partial charge in [0.1, 0.15) is 17.7 Å². The Morgan fingerprint density at radius 3 is 2.47 bits per heavy atom. The lowest BCUT2D eigenvalue weighted by Crippen LogP contribution is -2.55. The second kappa shape index (κ2) is 7.02. The van der Waals surface area contributed by atoms with E-state index in [0.717, 1.165) is 43.9 Å². The van der Waals surface area contributed by atoms with Crippen LogP contribution < -0.4 is 5.73 Å². The zero-order chi connectivity index (χ0) is 21.2. The molecular formula is C22H24F2N4O2. The van der Waals surface area contributed by atoms with Crippen molar-refractivity contribution in [1.29, 1.82) is 5.26 Å². The molecule has 3 heterocycles. The summed E-state index contributed by atoms with van der Waals surface area (Å²) in [6, 6.07) is 3.92. The number of benzene rings is 1. The van der Waals surface area contributed by atoms with Crippen molar-refractivity contribution >= 4 is 11.8 Å². The minimum atomic E-state index is -0.731. The van der Waals surface area contributed by atoms with E-state index in [0.29, 0.717) is 18.8 Å². The van der Waals surface area contributed by atoms with Crippen molar-refractivity contribution in [2.45, 2.75) is 68.7 Å². The molecule has 1 aliphatic carbocycles. The van der Waals surface area contributed by atoms with Crippen molar-refractivity contribution < 1.29 is 18.4 Å². The molecule has 2 amide bonds. The Morgan fingerprint density at radius 1 is 1.10 bits per heavy atom. The predicted octanol–water partition coefficient (Wildman–Crippen LogP) is 2.19. The number of carbonyl (C=O) groups is 2. The molecule has 6 nitrogen and oxygen atoms in total. The summed E-state index contributed by atoms with van der Waals surface area (Å²) < 4.78 is 27.7. The highest BCUT2D eigenvalue weighted by atomic mass is 19.1. The molecule has 1 aromatic rings. The van der Waals surface area contributed by atoms with Crippen LogP contribution in [0.4, 0.5) is 8.78 Å². The standard InChI is InChI=1S/C22H24F2N4O2/c23-13-1-4-18(24)17(9-13)21(29)27-14-2-3-15(27)7-12(6-14)20(26)22(30)28-16(10-25)5-11-8-19(11)28/h1,4,9,11-12,14-16,19-20H,2-3,5-8,26H2/t11-,14+,15+,16+,19+,20+/m1/s1. The van der Waals surface area contributed by atoms with Gasteiger partial charge < -0.3 is 15.5 Å². The number of nitriles is 1. The number of carbonyl (C=O) groups excluding carboxylic acids is 2. The molecule has 0 radical (unpaired) electrons. The lowest BCUT2D eigenvalue weighted by Gasteiger charge is -2.41. The SMILES string of the molecule is N#C[C@@H]1C[C@@H]2C[C@@H]2N1C(=O)[C@@H](N)C1C[C@@H]2CC[C@@H](C1)N2C(=O)c1cc(F)ccc1F. The monoisotopic (exact) mass is 414 g/mol. The average Bonchev–Trinajstić information content (AvgIpc) is 3.33. The van der Waals surface area contributed by atoms with Crippen molar-refractivity contribution in [2.75, 3.05) is 0 Å². The van der Waals surface area contributed by atoms with E-state index >= 15 is 0 Å². The van der Waals surface area contributed by atoms with E-state index < -0.39 is 23.6 Å². The fraction of sp³-hybridized carbons (Fsp3) is 0.591. The van der Waals surface area contributed by atoms with E-state index in [-0.39, 0.29) is 41.6 Å². The summed E-state index contributed by atoms with van der Waals surface area (Å²) in [7, 11) is 0. The van der Waals surface area contributed by atoms with Gasteiger partial charge in [-0.2, -0.15) is 5.26 Å². The molecule has 2 bridgehead atoms. The highest BCUT2D eigenvalue weighted by molar-refractivity contribution is 5.95. The third kappa shape index (κ3) is 2.99. The number of rotatable bonds is 3. The molecule has 3 aliphatic heterocycles. The van der Waals surface area contributed by atoms with Gasteiger partial charge in [0, 0.05) is 18.1 Å². The predicted molar refractivity (Wildman–Crippen MR) is 103 cm³/mol. The summed E-state index contributed by atoms with van der Waals surface area (Å²) in [5.74, 6) is -1.69. The molecule has 4 fully saturated rings. The Morgan fingerprint density at radius 2 is 1.80 bits per heavy atom. The Balaban J connectivity index is 1.31. The first-order chi connectivity index (χ1) is 14.4. The summed E-state index contributed by atoms with van der Waals surface area (Å²) >= 11 is 0. The Bertz CT molecular complexity index is 934. The van der Waals surface area contributed by atoms with Crippen LogP contribution in [0.15, 0.2) is 18.2 Å². The van der Waals surface area contributed by atoms with Crippen LogP contribution in [0.1, 0.15) is 48.9 Å². The molecule has 0 unspecified atom stereocenters. The Kier molecular flexibility index (Phi) is 4.55. The molecule has 1 saturated carbocycles. The summed E-state index contributed by atoms with van der Waals surface area (Å²) in [4.78, 5) is 29.4. The molecule has 4 aliphatic rings. The number of hydrogen-bond donors (Lipinski definition) is 1. The first-order valence-electron chi connectivity index (χ1n) is 10.6. The lowest BCUT2D eigenvalue weighted by molar-refractivity contribution is -0.135. The number of fused-ring (bicyclic) bond motifs is 3.